The maximum absolute atomic E-state index is 8.75. The number of nitrogens with zero attached hydrogens (tertiary/aromatic N) is 2. The van der Waals surface area contributed by atoms with E-state index in [0.717, 1.165) is 23.9 Å². The van der Waals surface area contributed by atoms with Crippen molar-refractivity contribution in [3.05, 3.63) is 35.4 Å². The fourth-order valence-corrected chi connectivity index (χ4v) is 2.44. The molecule has 2 atom stereocenters. The van der Waals surface area contributed by atoms with Crippen LogP contribution >= 0.6 is 0 Å². The van der Waals surface area contributed by atoms with E-state index in [1.165, 1.54) is 25.1 Å². The number of rotatable bonds is 2. The second-order valence-corrected chi connectivity index (χ2v) is 5.29. The maximum atomic E-state index is 8.75. The van der Waals surface area contributed by atoms with Crippen LogP contribution in [0.15, 0.2) is 24.3 Å². The average molecular weight is 228 g/mol. The minimum Gasteiger partial charge on any atom is -0.299 e. The Hall–Kier alpha value is -1.33. The van der Waals surface area contributed by atoms with Gasteiger partial charge in [-0.25, -0.2) is 0 Å². The second kappa shape index (κ2) is 5.33. The zero-order valence-corrected chi connectivity index (χ0v) is 10.7. The van der Waals surface area contributed by atoms with Crippen LogP contribution in [0, 0.1) is 23.2 Å². The zero-order valence-electron chi connectivity index (χ0n) is 10.7. The highest BCUT2D eigenvalue weighted by molar-refractivity contribution is 5.31. The first-order chi connectivity index (χ1) is 8.19. The lowest BCUT2D eigenvalue weighted by Gasteiger charge is -2.35. The van der Waals surface area contributed by atoms with Crippen LogP contribution in [-0.4, -0.2) is 18.0 Å². The van der Waals surface area contributed by atoms with Crippen molar-refractivity contribution in [3.63, 3.8) is 0 Å². The topological polar surface area (TPSA) is 27.0 Å². The second-order valence-electron chi connectivity index (χ2n) is 5.29. The summed E-state index contributed by atoms with van der Waals surface area (Å²) in [5.41, 5.74) is 2.06. The monoisotopic (exact) mass is 228 g/mol. The molecule has 0 aromatic heterocycles. The van der Waals surface area contributed by atoms with Crippen molar-refractivity contribution in [2.45, 2.75) is 26.8 Å². The SMILES string of the molecule is CC1CCN(Cc2ccc(C#N)cc2)CC1C. The van der Waals surface area contributed by atoms with E-state index >= 15 is 0 Å². The normalized spacial score (nSPS) is 25.5. The Morgan fingerprint density at radius 1 is 1.24 bits per heavy atom. The lowest BCUT2D eigenvalue weighted by atomic mass is 9.88. The van der Waals surface area contributed by atoms with Gasteiger partial charge in [0.05, 0.1) is 11.6 Å². The van der Waals surface area contributed by atoms with Crippen LogP contribution < -0.4 is 0 Å². The molecule has 2 unspecified atom stereocenters. The Labute approximate surface area is 104 Å². The van der Waals surface area contributed by atoms with Crippen molar-refractivity contribution in [2.24, 2.45) is 11.8 Å². The first kappa shape index (κ1) is 12.1. The Morgan fingerprint density at radius 2 is 1.94 bits per heavy atom. The van der Waals surface area contributed by atoms with Crippen molar-refractivity contribution in [2.75, 3.05) is 13.1 Å². The summed E-state index contributed by atoms with van der Waals surface area (Å²) in [7, 11) is 0. The lowest BCUT2D eigenvalue weighted by Crippen LogP contribution is -2.37. The van der Waals surface area contributed by atoms with E-state index in [-0.39, 0.29) is 0 Å². The van der Waals surface area contributed by atoms with Gasteiger partial charge in [0.25, 0.3) is 0 Å². The van der Waals surface area contributed by atoms with Crippen LogP contribution in [0.1, 0.15) is 31.4 Å². The molecule has 1 aliphatic heterocycles. The van der Waals surface area contributed by atoms with Crippen molar-refractivity contribution in [3.8, 4) is 6.07 Å². The van der Waals surface area contributed by atoms with Crippen LogP contribution in [0.3, 0.4) is 0 Å². The third kappa shape index (κ3) is 3.08. The van der Waals surface area contributed by atoms with Crippen LogP contribution in [0.2, 0.25) is 0 Å². The van der Waals surface area contributed by atoms with E-state index in [0.29, 0.717) is 0 Å². The van der Waals surface area contributed by atoms with Gasteiger partial charge in [-0.2, -0.15) is 5.26 Å². The fourth-order valence-electron chi connectivity index (χ4n) is 2.44. The molecule has 1 fully saturated rings. The Morgan fingerprint density at radius 3 is 2.53 bits per heavy atom. The summed E-state index contributed by atoms with van der Waals surface area (Å²) >= 11 is 0. The highest BCUT2D eigenvalue weighted by atomic mass is 15.1. The number of hydrogen-bond donors (Lipinski definition) is 0. The van der Waals surface area contributed by atoms with Gasteiger partial charge in [-0.15, -0.1) is 0 Å². The smallest absolute Gasteiger partial charge is 0.0991 e. The molecule has 1 aromatic rings. The van der Waals surface area contributed by atoms with Gasteiger partial charge >= 0.3 is 0 Å². The fraction of sp³-hybridized carbons (Fsp3) is 0.533. The molecule has 1 saturated heterocycles. The number of nitriles is 1. The average Bonchev–Trinajstić information content (AvgIpc) is 2.35. The van der Waals surface area contributed by atoms with Crippen molar-refractivity contribution >= 4 is 0 Å². The molecular weight excluding hydrogens is 208 g/mol. The van der Waals surface area contributed by atoms with Gasteiger partial charge in [0.15, 0.2) is 0 Å². The third-order valence-corrected chi connectivity index (χ3v) is 3.91. The van der Waals surface area contributed by atoms with Crippen LogP contribution in [0.4, 0.5) is 0 Å². The molecule has 0 aliphatic carbocycles. The minimum atomic E-state index is 0.745. The molecule has 90 valence electrons. The van der Waals surface area contributed by atoms with E-state index in [1.807, 2.05) is 12.1 Å². The number of hydrogen-bond acceptors (Lipinski definition) is 2. The van der Waals surface area contributed by atoms with E-state index in [9.17, 15) is 0 Å². The van der Waals surface area contributed by atoms with E-state index in [2.05, 4.69) is 36.9 Å². The predicted molar refractivity (Wildman–Crippen MR) is 69.4 cm³/mol. The first-order valence-electron chi connectivity index (χ1n) is 6.40. The molecule has 17 heavy (non-hydrogen) atoms. The summed E-state index contributed by atoms with van der Waals surface area (Å²) in [4.78, 5) is 2.52. The largest absolute Gasteiger partial charge is 0.299 e. The van der Waals surface area contributed by atoms with Gasteiger partial charge in [-0.1, -0.05) is 26.0 Å². The van der Waals surface area contributed by atoms with Crippen LogP contribution in [-0.2, 0) is 6.54 Å². The Kier molecular flexibility index (Phi) is 3.81. The van der Waals surface area contributed by atoms with Gasteiger partial charge in [-0.05, 0) is 42.5 Å². The van der Waals surface area contributed by atoms with Crippen molar-refractivity contribution in [1.82, 2.24) is 4.90 Å². The first-order valence-corrected chi connectivity index (χ1v) is 6.40. The lowest BCUT2D eigenvalue weighted by molar-refractivity contribution is 0.132. The van der Waals surface area contributed by atoms with E-state index in [4.69, 9.17) is 5.26 Å². The highest BCUT2D eigenvalue weighted by Gasteiger charge is 2.22. The minimum absolute atomic E-state index is 0.745. The summed E-state index contributed by atoms with van der Waals surface area (Å²) in [6.07, 6.45) is 1.30. The molecule has 0 bridgehead atoms. The van der Waals surface area contributed by atoms with Crippen molar-refractivity contribution < 1.29 is 0 Å². The molecule has 2 rings (SSSR count). The third-order valence-electron chi connectivity index (χ3n) is 3.91. The Balaban J connectivity index is 1.94. The van der Waals surface area contributed by atoms with E-state index < -0.39 is 0 Å². The number of likely N-dealkylation sites (tertiary alicyclic amines) is 1. The summed E-state index contributed by atoms with van der Waals surface area (Å²) in [6.45, 7) is 8.11. The molecule has 1 aliphatic rings. The van der Waals surface area contributed by atoms with Gasteiger partial charge in [0.2, 0.25) is 0 Å². The summed E-state index contributed by atoms with van der Waals surface area (Å²) in [5.74, 6) is 1.65. The van der Waals surface area contributed by atoms with Crippen LogP contribution in [0.25, 0.3) is 0 Å². The highest BCUT2D eigenvalue weighted by Crippen LogP contribution is 2.23. The number of piperidine rings is 1. The predicted octanol–water partition coefficient (Wildman–Crippen LogP) is 3.04. The molecule has 0 N–H and O–H groups in total. The van der Waals surface area contributed by atoms with Crippen LogP contribution in [0.5, 0.6) is 0 Å². The summed E-state index contributed by atoms with van der Waals surface area (Å²) in [5, 5.41) is 8.75. The maximum Gasteiger partial charge on any atom is 0.0991 e. The molecule has 0 amide bonds. The quantitative estimate of drug-likeness (QED) is 0.778. The van der Waals surface area contributed by atoms with Crippen molar-refractivity contribution in [1.29, 1.82) is 5.26 Å². The Bertz CT molecular complexity index is 402. The number of benzene rings is 1. The van der Waals surface area contributed by atoms with Gasteiger partial charge < -0.3 is 0 Å². The standard InChI is InChI=1S/C15H20N2/c1-12-7-8-17(10-13(12)2)11-15-5-3-14(9-16)4-6-15/h3-6,12-13H,7-8,10-11H2,1-2H3. The molecular formula is C15H20N2. The summed E-state index contributed by atoms with van der Waals surface area (Å²) in [6, 6.07) is 10.1. The van der Waals surface area contributed by atoms with Gasteiger partial charge in [0.1, 0.15) is 0 Å². The zero-order chi connectivity index (χ0) is 12.3. The molecule has 0 saturated carbocycles. The molecule has 2 nitrogen and oxygen atoms in total. The van der Waals surface area contributed by atoms with E-state index in [1.54, 1.807) is 0 Å². The molecule has 1 aromatic carbocycles. The molecule has 0 radical (unpaired) electrons. The van der Waals surface area contributed by atoms with Gasteiger partial charge in [0, 0.05) is 13.1 Å². The molecule has 2 heteroatoms. The van der Waals surface area contributed by atoms with Gasteiger partial charge in [-0.3, -0.25) is 4.90 Å². The summed E-state index contributed by atoms with van der Waals surface area (Å²) < 4.78 is 0. The molecule has 0 spiro atoms. The molecule has 1 heterocycles.